The first-order chi connectivity index (χ1) is 12.4. The predicted molar refractivity (Wildman–Crippen MR) is 98.2 cm³/mol. The van der Waals surface area contributed by atoms with Crippen LogP contribution in [0.15, 0.2) is 43.0 Å². The Morgan fingerprint density at radius 2 is 1.85 bits per heavy atom. The number of hydrogen-bond donors (Lipinski definition) is 4. The second kappa shape index (κ2) is 11.4. The van der Waals surface area contributed by atoms with E-state index in [0.29, 0.717) is 5.56 Å². The SMILES string of the molecule is C=CCC(C(=O)N[C@H](C)CO)C(=O)N[C@@H](COC)[C@@H](O)c1ccccc1. The van der Waals surface area contributed by atoms with Gasteiger partial charge < -0.3 is 25.6 Å². The van der Waals surface area contributed by atoms with Crippen LogP contribution in [0.2, 0.25) is 0 Å². The van der Waals surface area contributed by atoms with E-state index in [1.807, 2.05) is 6.07 Å². The normalized spacial score (nSPS) is 15.4. The van der Waals surface area contributed by atoms with E-state index in [1.54, 1.807) is 31.2 Å². The van der Waals surface area contributed by atoms with Gasteiger partial charge in [0.15, 0.2) is 0 Å². The van der Waals surface area contributed by atoms with Crippen molar-refractivity contribution in [2.75, 3.05) is 20.3 Å². The predicted octanol–water partition coefficient (Wildman–Crippen LogP) is 0.541. The fourth-order valence-corrected chi connectivity index (χ4v) is 2.45. The molecule has 1 aromatic carbocycles. The zero-order valence-corrected chi connectivity index (χ0v) is 15.2. The molecule has 7 nitrogen and oxygen atoms in total. The highest BCUT2D eigenvalue weighted by Gasteiger charge is 2.30. The van der Waals surface area contributed by atoms with E-state index in [0.717, 1.165) is 0 Å². The largest absolute Gasteiger partial charge is 0.394 e. The third-order valence-electron chi connectivity index (χ3n) is 3.89. The van der Waals surface area contributed by atoms with Gasteiger partial charge in [0.2, 0.25) is 11.8 Å². The summed E-state index contributed by atoms with van der Waals surface area (Å²) in [5.74, 6) is -2.05. The summed E-state index contributed by atoms with van der Waals surface area (Å²) in [5, 5.41) is 24.9. The molecule has 0 spiro atoms. The summed E-state index contributed by atoms with van der Waals surface area (Å²) in [4.78, 5) is 24.9. The van der Waals surface area contributed by atoms with Crippen LogP contribution in [0, 0.1) is 5.92 Å². The van der Waals surface area contributed by atoms with Crippen LogP contribution in [0.1, 0.15) is 25.0 Å². The van der Waals surface area contributed by atoms with Crippen LogP contribution in [0.4, 0.5) is 0 Å². The van der Waals surface area contributed by atoms with Gasteiger partial charge >= 0.3 is 0 Å². The highest BCUT2D eigenvalue weighted by molar-refractivity contribution is 6.00. The average Bonchev–Trinajstić information content (AvgIpc) is 2.65. The average molecular weight is 364 g/mol. The van der Waals surface area contributed by atoms with Gasteiger partial charge in [-0.2, -0.15) is 0 Å². The molecule has 0 radical (unpaired) electrons. The number of aliphatic hydroxyl groups excluding tert-OH is 2. The zero-order valence-electron chi connectivity index (χ0n) is 15.2. The number of allylic oxidation sites excluding steroid dienone is 1. The van der Waals surface area contributed by atoms with Gasteiger partial charge in [-0.1, -0.05) is 36.4 Å². The van der Waals surface area contributed by atoms with E-state index in [-0.39, 0.29) is 19.6 Å². The van der Waals surface area contributed by atoms with Crippen LogP contribution < -0.4 is 10.6 Å². The number of methoxy groups -OCH3 is 1. The Hall–Kier alpha value is -2.22. The molecule has 0 saturated carbocycles. The fourth-order valence-electron chi connectivity index (χ4n) is 2.45. The molecule has 7 heteroatoms. The lowest BCUT2D eigenvalue weighted by Crippen LogP contribution is -2.50. The molecule has 1 unspecified atom stereocenters. The van der Waals surface area contributed by atoms with Crippen molar-refractivity contribution in [1.29, 1.82) is 0 Å². The summed E-state index contributed by atoms with van der Waals surface area (Å²) in [7, 11) is 1.47. The molecule has 0 heterocycles. The molecular formula is C19H28N2O5. The van der Waals surface area contributed by atoms with Gasteiger partial charge in [-0.15, -0.1) is 6.58 Å². The Morgan fingerprint density at radius 3 is 2.38 bits per heavy atom. The molecule has 0 aliphatic carbocycles. The summed E-state index contributed by atoms with van der Waals surface area (Å²) in [6, 6.07) is 7.71. The van der Waals surface area contributed by atoms with Crippen molar-refractivity contribution in [3.05, 3.63) is 48.6 Å². The van der Waals surface area contributed by atoms with Gasteiger partial charge in [-0.05, 0) is 18.9 Å². The Morgan fingerprint density at radius 1 is 1.23 bits per heavy atom. The lowest BCUT2D eigenvalue weighted by Gasteiger charge is -2.26. The number of carbonyl (C=O) groups excluding carboxylic acids is 2. The van der Waals surface area contributed by atoms with Gasteiger partial charge in [0.25, 0.3) is 0 Å². The van der Waals surface area contributed by atoms with Crippen LogP contribution in [0.5, 0.6) is 0 Å². The molecule has 0 aromatic heterocycles. The third kappa shape index (κ3) is 6.59. The second-order valence-electron chi connectivity index (χ2n) is 6.10. The number of nitrogens with one attached hydrogen (secondary N) is 2. The molecule has 26 heavy (non-hydrogen) atoms. The number of ether oxygens (including phenoxy) is 1. The molecule has 4 N–H and O–H groups in total. The van der Waals surface area contributed by atoms with Crippen molar-refractivity contribution in [2.45, 2.75) is 31.5 Å². The van der Waals surface area contributed by atoms with Crippen LogP contribution >= 0.6 is 0 Å². The molecule has 1 rings (SSSR count). The zero-order chi connectivity index (χ0) is 19.5. The first-order valence-corrected chi connectivity index (χ1v) is 8.49. The highest BCUT2D eigenvalue weighted by Crippen LogP contribution is 2.18. The number of rotatable bonds is 11. The molecule has 4 atom stereocenters. The molecule has 0 fully saturated rings. The maximum atomic E-state index is 12.6. The van der Waals surface area contributed by atoms with Gasteiger partial charge in [0.1, 0.15) is 12.0 Å². The van der Waals surface area contributed by atoms with Crippen molar-refractivity contribution in [1.82, 2.24) is 10.6 Å². The maximum Gasteiger partial charge on any atom is 0.233 e. The third-order valence-corrected chi connectivity index (χ3v) is 3.89. The number of carbonyl (C=O) groups is 2. The standard InChI is InChI=1S/C19H28N2O5/c1-4-8-15(18(24)20-13(2)11-22)19(25)21-16(12-26-3)17(23)14-9-6-5-7-10-14/h4-7,9-10,13,15-17,22-23H,1,8,11-12H2,2-3H3,(H,20,24)(H,21,25)/t13-,15?,16+,17+/m1/s1. The van der Waals surface area contributed by atoms with Gasteiger partial charge in [-0.3, -0.25) is 9.59 Å². The minimum Gasteiger partial charge on any atom is -0.394 e. The van der Waals surface area contributed by atoms with Crippen molar-refractivity contribution < 1.29 is 24.5 Å². The van der Waals surface area contributed by atoms with E-state index in [4.69, 9.17) is 9.84 Å². The van der Waals surface area contributed by atoms with Crippen molar-refractivity contribution in [3.63, 3.8) is 0 Å². The molecule has 0 saturated heterocycles. The van der Waals surface area contributed by atoms with Crippen molar-refractivity contribution >= 4 is 11.8 Å². The quantitative estimate of drug-likeness (QED) is 0.339. The maximum absolute atomic E-state index is 12.6. The van der Waals surface area contributed by atoms with Crippen LogP contribution in [0.25, 0.3) is 0 Å². The van der Waals surface area contributed by atoms with E-state index in [2.05, 4.69) is 17.2 Å². The monoisotopic (exact) mass is 364 g/mol. The smallest absolute Gasteiger partial charge is 0.233 e. The first-order valence-electron chi connectivity index (χ1n) is 8.49. The van der Waals surface area contributed by atoms with Gasteiger partial charge in [0, 0.05) is 13.2 Å². The van der Waals surface area contributed by atoms with Gasteiger partial charge in [-0.25, -0.2) is 0 Å². The minimum absolute atomic E-state index is 0.0806. The van der Waals surface area contributed by atoms with E-state index in [9.17, 15) is 14.7 Å². The first kappa shape index (κ1) is 21.8. The summed E-state index contributed by atoms with van der Waals surface area (Å²) in [6.45, 7) is 5.06. The Balaban J connectivity index is 2.88. The minimum atomic E-state index is -1.01. The molecule has 0 aliphatic heterocycles. The Labute approximate surface area is 154 Å². The summed E-state index contributed by atoms with van der Waals surface area (Å²) < 4.78 is 5.10. The van der Waals surface area contributed by atoms with E-state index >= 15 is 0 Å². The summed E-state index contributed by atoms with van der Waals surface area (Å²) >= 11 is 0. The summed E-state index contributed by atoms with van der Waals surface area (Å²) in [6.07, 6.45) is 0.632. The number of amides is 2. The second-order valence-corrected chi connectivity index (χ2v) is 6.10. The molecule has 1 aromatic rings. The highest BCUT2D eigenvalue weighted by atomic mass is 16.5. The van der Waals surface area contributed by atoms with Crippen LogP contribution in [-0.2, 0) is 14.3 Å². The van der Waals surface area contributed by atoms with Crippen LogP contribution in [0.3, 0.4) is 0 Å². The fraction of sp³-hybridized carbons (Fsp3) is 0.474. The number of aliphatic hydroxyl groups is 2. The molecule has 0 bridgehead atoms. The van der Waals surface area contributed by atoms with Crippen molar-refractivity contribution in [3.8, 4) is 0 Å². The summed E-state index contributed by atoms with van der Waals surface area (Å²) in [5.41, 5.74) is 0.633. The Kier molecular flexibility index (Phi) is 9.57. The van der Waals surface area contributed by atoms with E-state index < -0.39 is 35.9 Å². The number of benzene rings is 1. The molecular weight excluding hydrogens is 336 g/mol. The molecule has 0 aliphatic rings. The lowest BCUT2D eigenvalue weighted by atomic mass is 9.99. The lowest BCUT2D eigenvalue weighted by molar-refractivity contribution is -0.136. The molecule has 144 valence electrons. The molecule has 2 amide bonds. The van der Waals surface area contributed by atoms with Crippen LogP contribution in [-0.4, -0.2) is 54.4 Å². The topological polar surface area (TPSA) is 108 Å². The number of hydrogen-bond acceptors (Lipinski definition) is 5. The van der Waals surface area contributed by atoms with Crippen molar-refractivity contribution in [2.24, 2.45) is 5.92 Å². The van der Waals surface area contributed by atoms with Gasteiger partial charge in [0.05, 0.1) is 19.3 Å². The Bertz CT molecular complexity index is 579. The van der Waals surface area contributed by atoms with E-state index in [1.165, 1.54) is 13.2 Å².